The molecule has 2 heterocycles. The third-order valence-electron chi connectivity index (χ3n) is 7.85. The van der Waals surface area contributed by atoms with Crippen LogP contribution in [0.1, 0.15) is 96.8 Å². The van der Waals surface area contributed by atoms with E-state index in [1.165, 1.54) is 38.5 Å². The monoisotopic (exact) mass is 606 g/mol. The molecule has 2 aliphatic heterocycles. The average molecular weight is 607 g/mol. The number of hydrogen-bond acceptors (Lipinski definition) is 12. The van der Waals surface area contributed by atoms with Crippen LogP contribution in [0.15, 0.2) is 12.2 Å². The first-order chi connectivity index (χ1) is 20.2. The van der Waals surface area contributed by atoms with Crippen LogP contribution in [0.25, 0.3) is 0 Å². The maximum Gasteiger partial charge on any atom is 0.305 e. The Kier molecular flexibility index (Phi) is 18.2. The van der Waals surface area contributed by atoms with Crippen molar-refractivity contribution in [1.29, 1.82) is 0 Å². The summed E-state index contributed by atoms with van der Waals surface area (Å²) in [4.78, 5) is 12.2. The molecule has 42 heavy (non-hydrogen) atoms. The van der Waals surface area contributed by atoms with Gasteiger partial charge in [-0.25, -0.2) is 0 Å². The van der Waals surface area contributed by atoms with Crippen molar-refractivity contribution >= 4 is 5.97 Å². The molecule has 0 saturated carbocycles. The summed E-state index contributed by atoms with van der Waals surface area (Å²) in [6.07, 6.45) is 3.67. The normalized spacial score (nSPS) is 33.7. The highest BCUT2D eigenvalue weighted by Gasteiger charge is 2.50. The lowest BCUT2D eigenvalue weighted by Crippen LogP contribution is -2.64. The van der Waals surface area contributed by atoms with Crippen molar-refractivity contribution in [3.63, 3.8) is 0 Å². The number of aliphatic hydroxyl groups excluding tert-OH is 7. The van der Waals surface area contributed by atoms with E-state index in [1.807, 2.05) is 0 Å². The third-order valence-corrected chi connectivity index (χ3v) is 7.85. The van der Waals surface area contributed by atoms with E-state index < -0.39 is 80.6 Å². The lowest BCUT2D eigenvalue weighted by Gasteiger charge is -2.45. The van der Waals surface area contributed by atoms with Crippen molar-refractivity contribution < 1.29 is 59.5 Å². The van der Waals surface area contributed by atoms with E-state index >= 15 is 0 Å². The molecule has 246 valence electrons. The van der Waals surface area contributed by atoms with E-state index in [-0.39, 0.29) is 6.42 Å². The summed E-state index contributed by atoms with van der Waals surface area (Å²) < 4.78 is 21.2. The lowest BCUT2D eigenvalue weighted by atomic mass is 9.97. The summed E-state index contributed by atoms with van der Waals surface area (Å²) in [5.41, 5.74) is 0. The number of carbonyl (C=O) groups is 1. The molecule has 0 aromatic carbocycles. The summed E-state index contributed by atoms with van der Waals surface area (Å²) in [5.74, 6) is -0.491. The second-order valence-electron chi connectivity index (χ2n) is 11.4. The number of esters is 1. The van der Waals surface area contributed by atoms with Crippen molar-refractivity contribution in [2.45, 2.75) is 158 Å². The van der Waals surface area contributed by atoms with Crippen molar-refractivity contribution in [2.75, 3.05) is 13.2 Å². The summed E-state index contributed by atoms with van der Waals surface area (Å²) in [6, 6.07) is 0. The van der Waals surface area contributed by atoms with Crippen LogP contribution < -0.4 is 0 Å². The number of allylic oxidation sites excluding steroid dienone is 2. The molecule has 0 amide bonds. The summed E-state index contributed by atoms with van der Waals surface area (Å²) in [6.45, 7) is 1.12. The van der Waals surface area contributed by atoms with Crippen LogP contribution in [-0.4, -0.2) is 116 Å². The first-order valence-electron chi connectivity index (χ1n) is 15.7. The maximum atomic E-state index is 12.2. The summed E-state index contributed by atoms with van der Waals surface area (Å²) in [7, 11) is 0. The van der Waals surface area contributed by atoms with Crippen molar-refractivity contribution in [1.82, 2.24) is 0 Å². The minimum absolute atomic E-state index is 0.191. The Labute approximate surface area is 249 Å². The largest absolute Gasteiger partial charge is 0.463 e. The molecule has 0 aromatic heterocycles. The minimum Gasteiger partial charge on any atom is -0.463 e. The first kappa shape index (κ1) is 37.0. The van der Waals surface area contributed by atoms with Crippen LogP contribution in [0.3, 0.4) is 0 Å². The average Bonchev–Trinajstić information content (AvgIpc) is 2.98. The van der Waals surface area contributed by atoms with Crippen LogP contribution in [0.2, 0.25) is 0 Å². The van der Waals surface area contributed by atoms with Gasteiger partial charge < -0.3 is 54.7 Å². The van der Waals surface area contributed by atoms with Gasteiger partial charge in [0.05, 0.1) is 6.61 Å². The van der Waals surface area contributed by atoms with Gasteiger partial charge in [0.2, 0.25) is 0 Å². The molecular weight excluding hydrogens is 552 g/mol. The van der Waals surface area contributed by atoms with Gasteiger partial charge in [0.15, 0.2) is 12.6 Å². The molecule has 2 saturated heterocycles. The number of unbranched alkanes of at least 4 members (excludes halogenated alkanes) is 11. The number of carbonyl (C=O) groups excluding carboxylic acids is 1. The van der Waals surface area contributed by atoms with Gasteiger partial charge in [-0.05, 0) is 32.1 Å². The Balaban J connectivity index is 1.62. The maximum absolute atomic E-state index is 12.2. The predicted octanol–water partition coefficient (Wildman–Crippen LogP) is 1.19. The van der Waals surface area contributed by atoms with Gasteiger partial charge >= 0.3 is 5.97 Å². The molecule has 2 rings (SSSR count). The van der Waals surface area contributed by atoms with Crippen LogP contribution in [0.5, 0.6) is 0 Å². The van der Waals surface area contributed by atoms with Gasteiger partial charge in [-0.3, -0.25) is 4.79 Å². The molecule has 10 atom stereocenters. The minimum atomic E-state index is -1.77. The zero-order valence-electron chi connectivity index (χ0n) is 24.9. The molecule has 2 aliphatic rings. The van der Waals surface area contributed by atoms with Crippen molar-refractivity contribution in [3.05, 3.63) is 12.2 Å². The molecule has 7 N–H and O–H groups in total. The van der Waals surface area contributed by atoms with Gasteiger partial charge in [0, 0.05) is 6.42 Å². The first-order valence-corrected chi connectivity index (χ1v) is 15.7. The molecule has 12 nitrogen and oxygen atoms in total. The van der Waals surface area contributed by atoms with Crippen LogP contribution in [0, 0.1) is 0 Å². The second-order valence-corrected chi connectivity index (χ2v) is 11.4. The highest BCUT2D eigenvalue weighted by Crippen LogP contribution is 2.29. The van der Waals surface area contributed by atoms with E-state index in [4.69, 9.17) is 18.9 Å². The molecule has 2 fully saturated rings. The summed E-state index contributed by atoms with van der Waals surface area (Å²) >= 11 is 0. The van der Waals surface area contributed by atoms with Gasteiger partial charge in [0.25, 0.3) is 0 Å². The van der Waals surface area contributed by atoms with E-state index in [1.54, 1.807) is 0 Å². The van der Waals surface area contributed by atoms with Gasteiger partial charge in [-0.15, -0.1) is 0 Å². The van der Waals surface area contributed by atoms with E-state index in [9.17, 15) is 40.5 Å². The fourth-order valence-corrected chi connectivity index (χ4v) is 5.14. The number of ether oxygens (including phenoxy) is 4. The zero-order chi connectivity index (χ0) is 30.9. The van der Waals surface area contributed by atoms with Crippen molar-refractivity contribution in [2.24, 2.45) is 0 Å². The highest BCUT2D eigenvalue weighted by molar-refractivity contribution is 5.69. The van der Waals surface area contributed by atoms with Crippen LogP contribution in [0.4, 0.5) is 0 Å². The van der Waals surface area contributed by atoms with Gasteiger partial charge in [-0.1, -0.05) is 70.4 Å². The fourth-order valence-electron chi connectivity index (χ4n) is 5.14. The van der Waals surface area contributed by atoms with E-state index in [0.717, 1.165) is 38.5 Å². The second kappa shape index (κ2) is 20.7. The standard InChI is InChI=1S/C30H54O12/c1-2-3-4-5-6-7-8-9-10-11-12-13-14-15-16-17-22(32)39-19-21-23(33)24(34)27(37)30(41-21)42-28-20(18-31)40-29(38)26(36)25(28)35/h9-10,20-21,23-31,33-38H,2-8,11-19H2,1H3/t20-,21-,23-,24+,25-,26-,27-,28-,29-,30+/m1/s1. The lowest BCUT2D eigenvalue weighted by molar-refractivity contribution is -0.355. The molecular formula is C30H54O12. The zero-order valence-corrected chi connectivity index (χ0v) is 24.9. The summed E-state index contributed by atoms with van der Waals surface area (Å²) in [5, 5.41) is 70.2. The third kappa shape index (κ3) is 12.4. The Morgan fingerprint density at radius 2 is 1.29 bits per heavy atom. The molecule has 0 unspecified atom stereocenters. The van der Waals surface area contributed by atoms with E-state index in [0.29, 0.717) is 6.42 Å². The SMILES string of the molecule is CCCCCCCCC=CCCCCCCCC(=O)OC[C@H]1O[C@@H](O[C@H]2[C@H](O)[C@@H](O)[C@H](O)O[C@@H]2CO)[C@H](O)[C@@H](O)[C@@H]1O. The van der Waals surface area contributed by atoms with Gasteiger partial charge in [0.1, 0.15) is 55.4 Å². The molecule has 0 spiro atoms. The number of hydrogen-bond donors (Lipinski definition) is 7. The molecule has 0 bridgehead atoms. The van der Waals surface area contributed by atoms with E-state index in [2.05, 4.69) is 19.1 Å². The smallest absolute Gasteiger partial charge is 0.305 e. The number of rotatable bonds is 20. The molecule has 12 heteroatoms. The molecule has 0 radical (unpaired) electrons. The Bertz CT molecular complexity index is 750. The van der Waals surface area contributed by atoms with Crippen LogP contribution >= 0.6 is 0 Å². The Morgan fingerprint density at radius 1 is 0.690 bits per heavy atom. The Hall–Kier alpha value is -1.19. The Morgan fingerprint density at radius 3 is 1.90 bits per heavy atom. The fraction of sp³-hybridized carbons (Fsp3) is 0.900. The number of aliphatic hydroxyl groups is 7. The van der Waals surface area contributed by atoms with Crippen LogP contribution in [-0.2, 0) is 23.7 Å². The quantitative estimate of drug-likeness (QED) is 0.0595. The topological polar surface area (TPSA) is 196 Å². The molecule has 0 aromatic rings. The molecule has 0 aliphatic carbocycles. The van der Waals surface area contributed by atoms with Gasteiger partial charge in [-0.2, -0.15) is 0 Å². The van der Waals surface area contributed by atoms with Crippen molar-refractivity contribution in [3.8, 4) is 0 Å². The highest BCUT2D eigenvalue weighted by atomic mass is 16.7. The predicted molar refractivity (Wildman–Crippen MR) is 152 cm³/mol.